The van der Waals surface area contributed by atoms with Crippen LogP contribution < -0.4 is 10.1 Å². The number of benzene rings is 1. The van der Waals surface area contributed by atoms with Crippen LogP contribution in [0, 0.1) is 0 Å². The summed E-state index contributed by atoms with van der Waals surface area (Å²) in [6, 6.07) is 5.55. The Morgan fingerprint density at radius 3 is 2.67 bits per heavy atom. The van der Waals surface area contributed by atoms with E-state index in [-0.39, 0.29) is 17.8 Å². The normalized spacial score (nSPS) is 13.9. The highest BCUT2D eigenvalue weighted by Crippen LogP contribution is 2.30. The van der Waals surface area contributed by atoms with E-state index < -0.39 is 0 Å². The van der Waals surface area contributed by atoms with Crippen LogP contribution in [0.15, 0.2) is 24.4 Å². The molecule has 5 heteroatoms. The SMILES string of the molecule is CCc1cnc(C(C)NC(C)c2ccc(OC)cc2O)s1. The Labute approximate surface area is 129 Å². The number of aromatic hydroxyl groups is 1. The second-order valence-electron chi connectivity index (χ2n) is 5.05. The number of methoxy groups -OCH3 is 1. The van der Waals surface area contributed by atoms with Crippen molar-refractivity contribution in [3.05, 3.63) is 39.8 Å². The molecule has 1 aromatic heterocycles. The molecule has 0 bridgehead atoms. The minimum Gasteiger partial charge on any atom is -0.507 e. The van der Waals surface area contributed by atoms with E-state index in [0.29, 0.717) is 5.75 Å². The lowest BCUT2D eigenvalue weighted by Gasteiger charge is -2.20. The predicted octanol–water partition coefficient (Wildman–Crippen LogP) is 3.83. The number of hydrogen-bond acceptors (Lipinski definition) is 5. The zero-order valence-corrected chi connectivity index (χ0v) is 13.7. The molecule has 0 aliphatic carbocycles. The summed E-state index contributed by atoms with van der Waals surface area (Å²) in [6.45, 7) is 6.26. The van der Waals surface area contributed by atoms with Crippen LogP contribution >= 0.6 is 11.3 Å². The molecule has 2 unspecified atom stereocenters. The quantitative estimate of drug-likeness (QED) is 0.851. The van der Waals surface area contributed by atoms with Gasteiger partial charge in [0.25, 0.3) is 0 Å². The molecule has 2 N–H and O–H groups in total. The molecule has 0 fully saturated rings. The molecule has 0 spiro atoms. The number of rotatable bonds is 6. The summed E-state index contributed by atoms with van der Waals surface area (Å²) < 4.78 is 5.11. The third-order valence-electron chi connectivity index (χ3n) is 3.49. The van der Waals surface area contributed by atoms with Crippen molar-refractivity contribution in [2.24, 2.45) is 0 Å². The molecule has 0 saturated heterocycles. The van der Waals surface area contributed by atoms with Gasteiger partial charge in [0, 0.05) is 28.7 Å². The second kappa shape index (κ2) is 6.91. The summed E-state index contributed by atoms with van der Waals surface area (Å²) in [5.41, 5.74) is 0.856. The molecule has 1 aromatic carbocycles. The van der Waals surface area contributed by atoms with Crippen molar-refractivity contribution in [3.63, 3.8) is 0 Å². The first kappa shape index (κ1) is 15.8. The average molecular weight is 306 g/mol. The average Bonchev–Trinajstić information content (AvgIpc) is 2.95. The van der Waals surface area contributed by atoms with Crippen LogP contribution in [0.3, 0.4) is 0 Å². The third kappa shape index (κ3) is 3.74. The highest BCUT2D eigenvalue weighted by molar-refractivity contribution is 7.11. The fourth-order valence-electron chi connectivity index (χ4n) is 2.24. The van der Waals surface area contributed by atoms with Gasteiger partial charge in [0.1, 0.15) is 16.5 Å². The van der Waals surface area contributed by atoms with E-state index >= 15 is 0 Å². The monoisotopic (exact) mass is 306 g/mol. The van der Waals surface area contributed by atoms with Crippen LogP contribution in [-0.2, 0) is 6.42 Å². The van der Waals surface area contributed by atoms with E-state index in [4.69, 9.17) is 4.74 Å². The maximum atomic E-state index is 10.1. The Morgan fingerprint density at radius 1 is 1.33 bits per heavy atom. The molecule has 114 valence electrons. The Morgan fingerprint density at radius 2 is 2.10 bits per heavy atom. The number of phenols is 1. The number of nitrogens with zero attached hydrogens (tertiary/aromatic N) is 1. The van der Waals surface area contributed by atoms with Crippen LogP contribution in [-0.4, -0.2) is 17.2 Å². The standard InChI is InChI=1S/C16H22N2O2S/c1-5-13-9-17-16(21-13)11(3)18-10(2)14-7-6-12(20-4)8-15(14)19/h6-11,18-19H,5H2,1-4H3. The summed E-state index contributed by atoms with van der Waals surface area (Å²) in [5, 5.41) is 14.6. The van der Waals surface area contributed by atoms with Gasteiger partial charge >= 0.3 is 0 Å². The summed E-state index contributed by atoms with van der Waals surface area (Å²) in [7, 11) is 1.59. The first-order chi connectivity index (χ1) is 10.0. The van der Waals surface area contributed by atoms with E-state index in [0.717, 1.165) is 17.0 Å². The number of nitrogens with one attached hydrogen (secondary N) is 1. The van der Waals surface area contributed by atoms with E-state index in [1.165, 1.54) is 4.88 Å². The van der Waals surface area contributed by atoms with Crippen molar-refractivity contribution < 1.29 is 9.84 Å². The van der Waals surface area contributed by atoms with Gasteiger partial charge in [-0.3, -0.25) is 0 Å². The molecule has 21 heavy (non-hydrogen) atoms. The van der Waals surface area contributed by atoms with Gasteiger partial charge in [-0.15, -0.1) is 11.3 Å². The number of aromatic nitrogens is 1. The number of thiazole rings is 1. The smallest absolute Gasteiger partial charge is 0.124 e. The Balaban J connectivity index is 2.08. The van der Waals surface area contributed by atoms with Crippen LogP contribution in [0.4, 0.5) is 0 Å². The van der Waals surface area contributed by atoms with Gasteiger partial charge in [0.15, 0.2) is 0 Å². The molecule has 1 heterocycles. The highest BCUT2D eigenvalue weighted by atomic mass is 32.1. The molecule has 2 rings (SSSR count). The highest BCUT2D eigenvalue weighted by Gasteiger charge is 2.16. The Kier molecular flexibility index (Phi) is 5.20. The van der Waals surface area contributed by atoms with Crippen LogP contribution in [0.1, 0.15) is 48.3 Å². The van der Waals surface area contributed by atoms with E-state index in [1.54, 1.807) is 24.5 Å². The third-order valence-corrected chi connectivity index (χ3v) is 4.82. The Hall–Kier alpha value is -1.59. The summed E-state index contributed by atoms with van der Waals surface area (Å²) >= 11 is 1.73. The van der Waals surface area contributed by atoms with Crippen molar-refractivity contribution in [3.8, 4) is 11.5 Å². The maximum absolute atomic E-state index is 10.1. The van der Waals surface area contributed by atoms with Crippen LogP contribution in [0.5, 0.6) is 11.5 Å². The van der Waals surface area contributed by atoms with Crippen molar-refractivity contribution in [2.45, 2.75) is 39.3 Å². The van der Waals surface area contributed by atoms with Gasteiger partial charge in [0.05, 0.1) is 13.2 Å². The van der Waals surface area contributed by atoms with E-state index in [2.05, 4.69) is 24.1 Å². The molecule has 0 amide bonds. The Bertz CT molecular complexity index is 598. The van der Waals surface area contributed by atoms with Gasteiger partial charge in [-0.2, -0.15) is 0 Å². The number of phenolic OH excluding ortho intramolecular Hbond substituents is 1. The fraction of sp³-hybridized carbons (Fsp3) is 0.438. The molecule has 2 aromatic rings. The first-order valence-corrected chi connectivity index (χ1v) is 7.94. The van der Waals surface area contributed by atoms with Crippen molar-refractivity contribution in [1.29, 1.82) is 0 Å². The molecule has 0 saturated carbocycles. The number of aryl methyl sites for hydroxylation is 1. The lowest BCUT2D eigenvalue weighted by molar-refractivity contribution is 0.402. The van der Waals surface area contributed by atoms with E-state index in [1.807, 2.05) is 25.3 Å². The lowest BCUT2D eigenvalue weighted by Crippen LogP contribution is -2.22. The van der Waals surface area contributed by atoms with Crippen molar-refractivity contribution >= 4 is 11.3 Å². The predicted molar refractivity (Wildman–Crippen MR) is 86.1 cm³/mol. The molecule has 0 aliphatic rings. The topological polar surface area (TPSA) is 54.4 Å². The van der Waals surface area contributed by atoms with Crippen molar-refractivity contribution in [1.82, 2.24) is 10.3 Å². The summed E-state index contributed by atoms with van der Waals surface area (Å²) in [5.74, 6) is 0.902. The summed E-state index contributed by atoms with van der Waals surface area (Å²) in [6.07, 6.45) is 2.95. The zero-order chi connectivity index (χ0) is 15.4. The maximum Gasteiger partial charge on any atom is 0.124 e. The van der Waals surface area contributed by atoms with Crippen molar-refractivity contribution in [2.75, 3.05) is 7.11 Å². The second-order valence-corrected chi connectivity index (χ2v) is 6.20. The van der Waals surface area contributed by atoms with Gasteiger partial charge in [-0.1, -0.05) is 13.0 Å². The van der Waals surface area contributed by atoms with E-state index in [9.17, 15) is 5.11 Å². The van der Waals surface area contributed by atoms with Crippen LogP contribution in [0.2, 0.25) is 0 Å². The molecular weight excluding hydrogens is 284 g/mol. The lowest BCUT2D eigenvalue weighted by atomic mass is 10.1. The van der Waals surface area contributed by atoms with Gasteiger partial charge in [-0.25, -0.2) is 4.98 Å². The van der Waals surface area contributed by atoms with Crippen LogP contribution in [0.25, 0.3) is 0 Å². The molecular formula is C16H22N2O2S. The molecule has 0 radical (unpaired) electrons. The van der Waals surface area contributed by atoms with Gasteiger partial charge in [0.2, 0.25) is 0 Å². The van der Waals surface area contributed by atoms with Gasteiger partial charge < -0.3 is 15.2 Å². The fourth-order valence-corrected chi connectivity index (χ4v) is 3.11. The summed E-state index contributed by atoms with van der Waals surface area (Å²) in [4.78, 5) is 5.75. The zero-order valence-electron chi connectivity index (χ0n) is 12.9. The number of ether oxygens (including phenoxy) is 1. The molecule has 4 nitrogen and oxygen atoms in total. The van der Waals surface area contributed by atoms with Gasteiger partial charge in [-0.05, 0) is 26.3 Å². The number of hydrogen-bond donors (Lipinski definition) is 2. The minimum atomic E-state index is 0.0277. The first-order valence-electron chi connectivity index (χ1n) is 7.12. The molecule has 0 aliphatic heterocycles. The largest absolute Gasteiger partial charge is 0.507 e. The molecule has 2 atom stereocenters. The minimum absolute atomic E-state index is 0.0277.